The minimum atomic E-state index is -3.74. The summed E-state index contributed by atoms with van der Waals surface area (Å²) < 4.78 is 46.9. The lowest BCUT2D eigenvalue weighted by Gasteiger charge is -2.22. The van der Waals surface area contributed by atoms with Gasteiger partial charge in [-0.3, -0.25) is 0 Å². The van der Waals surface area contributed by atoms with Crippen molar-refractivity contribution in [1.29, 1.82) is 0 Å². The van der Waals surface area contributed by atoms with E-state index in [1.807, 2.05) is 6.92 Å². The maximum absolute atomic E-state index is 12.2. The summed E-state index contributed by atoms with van der Waals surface area (Å²) in [6.45, 7) is 5.48. The normalized spacial score (nSPS) is 31.4. The Morgan fingerprint density at radius 3 is 2.48 bits per heavy atom. The number of nitrogens with zero attached hydrogens (tertiary/aromatic N) is 1. The first-order chi connectivity index (χ1) is 11.7. The van der Waals surface area contributed by atoms with E-state index in [1.54, 1.807) is 26.0 Å². The average Bonchev–Trinajstić information content (AvgIpc) is 3.01. The fourth-order valence-electron chi connectivity index (χ4n) is 2.84. The van der Waals surface area contributed by atoms with E-state index in [9.17, 15) is 8.42 Å². The van der Waals surface area contributed by atoms with Crippen LogP contribution in [-0.4, -0.2) is 52.1 Å². The number of hydrazone groups is 1. The largest absolute Gasteiger partial charge is 0.353 e. The highest BCUT2D eigenvalue weighted by Crippen LogP contribution is 2.38. The molecule has 1 aromatic carbocycles. The van der Waals surface area contributed by atoms with Crippen molar-refractivity contribution in [3.8, 4) is 0 Å². The van der Waals surface area contributed by atoms with Gasteiger partial charge in [0, 0.05) is 7.11 Å². The summed E-state index contributed by atoms with van der Waals surface area (Å²) in [5.74, 6) is -0.761. The van der Waals surface area contributed by atoms with Crippen LogP contribution in [-0.2, 0) is 29.0 Å². The van der Waals surface area contributed by atoms with Crippen LogP contribution >= 0.6 is 0 Å². The SMILES string of the molecule is COC1O[C@H](/C=N\NS(=O)(=O)c2ccc(C)cc2)[C@@H]2OC(C)(C)O[C@H]12. The summed E-state index contributed by atoms with van der Waals surface area (Å²) >= 11 is 0. The molecule has 1 aromatic rings. The molecule has 138 valence electrons. The predicted molar refractivity (Wildman–Crippen MR) is 89.5 cm³/mol. The number of nitrogens with one attached hydrogen (secondary N) is 1. The molecular weight excluding hydrogens is 348 g/mol. The molecule has 2 aliphatic heterocycles. The molecule has 8 nitrogen and oxygen atoms in total. The van der Waals surface area contributed by atoms with Gasteiger partial charge in [0.25, 0.3) is 10.0 Å². The summed E-state index contributed by atoms with van der Waals surface area (Å²) in [6.07, 6.45) is -0.653. The molecule has 0 bridgehead atoms. The molecule has 0 aromatic heterocycles. The van der Waals surface area contributed by atoms with Crippen LogP contribution in [0.1, 0.15) is 19.4 Å². The minimum absolute atomic E-state index is 0.136. The van der Waals surface area contributed by atoms with E-state index in [0.717, 1.165) is 5.56 Å². The zero-order chi connectivity index (χ0) is 18.2. The molecule has 1 unspecified atom stereocenters. The average molecular weight is 370 g/mol. The van der Waals surface area contributed by atoms with E-state index in [0.29, 0.717) is 0 Å². The van der Waals surface area contributed by atoms with Crippen molar-refractivity contribution in [1.82, 2.24) is 4.83 Å². The molecular formula is C16H22N2O6S. The molecule has 4 atom stereocenters. The molecule has 0 aliphatic carbocycles. The number of sulfonamides is 1. The number of ether oxygens (including phenoxy) is 4. The molecule has 0 amide bonds. The Labute approximate surface area is 147 Å². The smallest absolute Gasteiger partial charge is 0.276 e. The molecule has 3 rings (SSSR count). The molecule has 0 saturated carbocycles. The first-order valence-electron chi connectivity index (χ1n) is 7.87. The molecule has 0 spiro atoms. The fraction of sp³-hybridized carbons (Fsp3) is 0.562. The van der Waals surface area contributed by atoms with Crippen LogP contribution in [0.25, 0.3) is 0 Å². The van der Waals surface area contributed by atoms with E-state index in [2.05, 4.69) is 9.93 Å². The van der Waals surface area contributed by atoms with Crippen molar-refractivity contribution in [2.75, 3.05) is 7.11 Å². The molecule has 2 heterocycles. The highest BCUT2D eigenvalue weighted by molar-refractivity contribution is 7.89. The van der Waals surface area contributed by atoms with Gasteiger partial charge in [0.1, 0.15) is 18.3 Å². The standard InChI is InChI=1S/C16H22N2O6S/c1-10-5-7-11(8-6-10)25(19,20)18-17-9-12-13-14(15(21-4)22-12)24-16(2,3)23-13/h5-9,12-15,18H,1-4H3/b17-9-/t12-,13+,14+,15?/m1/s1. The van der Waals surface area contributed by atoms with E-state index in [4.69, 9.17) is 18.9 Å². The van der Waals surface area contributed by atoms with E-state index in [-0.39, 0.29) is 4.90 Å². The summed E-state index contributed by atoms with van der Waals surface area (Å²) in [7, 11) is -2.23. The van der Waals surface area contributed by atoms with Crippen molar-refractivity contribution < 1.29 is 27.4 Å². The maximum Gasteiger partial charge on any atom is 0.276 e. The van der Waals surface area contributed by atoms with Crippen LogP contribution in [0.5, 0.6) is 0 Å². The first kappa shape index (κ1) is 18.3. The number of hydrogen-bond acceptors (Lipinski definition) is 7. The van der Waals surface area contributed by atoms with Crippen molar-refractivity contribution in [3.05, 3.63) is 29.8 Å². The summed E-state index contributed by atoms with van der Waals surface area (Å²) in [4.78, 5) is 2.32. The Kier molecular flexibility index (Phi) is 4.86. The van der Waals surface area contributed by atoms with Crippen LogP contribution in [0, 0.1) is 6.92 Å². The van der Waals surface area contributed by atoms with Gasteiger partial charge in [-0.15, -0.1) is 0 Å². The topological polar surface area (TPSA) is 95.5 Å². The molecule has 25 heavy (non-hydrogen) atoms. The van der Waals surface area contributed by atoms with Gasteiger partial charge in [0.15, 0.2) is 12.1 Å². The zero-order valence-corrected chi connectivity index (χ0v) is 15.3. The van der Waals surface area contributed by atoms with Gasteiger partial charge < -0.3 is 18.9 Å². The third-order valence-corrected chi connectivity index (χ3v) is 5.24. The highest BCUT2D eigenvalue weighted by atomic mass is 32.2. The van der Waals surface area contributed by atoms with Gasteiger partial charge in [-0.05, 0) is 32.9 Å². The third kappa shape index (κ3) is 3.85. The number of benzene rings is 1. The van der Waals surface area contributed by atoms with Crippen LogP contribution < -0.4 is 4.83 Å². The molecule has 1 N–H and O–H groups in total. The van der Waals surface area contributed by atoms with Crippen LogP contribution in [0.4, 0.5) is 0 Å². The second-order valence-corrected chi connectivity index (χ2v) is 8.12. The highest BCUT2D eigenvalue weighted by Gasteiger charge is 2.55. The van der Waals surface area contributed by atoms with Gasteiger partial charge in [0.2, 0.25) is 0 Å². The molecule has 2 aliphatic rings. The van der Waals surface area contributed by atoms with Gasteiger partial charge >= 0.3 is 0 Å². The molecule has 0 radical (unpaired) electrons. The van der Waals surface area contributed by atoms with E-state index in [1.165, 1.54) is 25.5 Å². The second kappa shape index (κ2) is 6.65. The summed E-state index contributed by atoms with van der Waals surface area (Å²) in [6, 6.07) is 6.48. The molecule has 2 fully saturated rings. The van der Waals surface area contributed by atoms with Gasteiger partial charge in [-0.25, -0.2) is 4.83 Å². The Hall–Kier alpha value is -1.52. The van der Waals surface area contributed by atoms with Crippen LogP contribution in [0.3, 0.4) is 0 Å². The second-order valence-electron chi connectivity index (χ2n) is 6.46. The van der Waals surface area contributed by atoms with Crippen molar-refractivity contribution in [2.24, 2.45) is 5.10 Å². The van der Waals surface area contributed by atoms with Crippen molar-refractivity contribution in [2.45, 2.75) is 56.1 Å². The Morgan fingerprint density at radius 1 is 1.20 bits per heavy atom. The zero-order valence-electron chi connectivity index (χ0n) is 14.5. The minimum Gasteiger partial charge on any atom is -0.353 e. The molecule has 9 heteroatoms. The van der Waals surface area contributed by atoms with Gasteiger partial charge in [0.05, 0.1) is 11.1 Å². The first-order valence-corrected chi connectivity index (χ1v) is 9.36. The number of hydrogen-bond donors (Lipinski definition) is 1. The molecule has 2 saturated heterocycles. The number of aryl methyl sites for hydroxylation is 1. The predicted octanol–water partition coefficient (Wildman–Crippen LogP) is 1.15. The monoisotopic (exact) mass is 370 g/mol. The van der Waals surface area contributed by atoms with E-state index >= 15 is 0 Å². The third-order valence-electron chi connectivity index (χ3n) is 4.00. The summed E-state index contributed by atoms with van der Waals surface area (Å²) in [5.41, 5.74) is 0.972. The van der Waals surface area contributed by atoms with Crippen molar-refractivity contribution >= 4 is 16.2 Å². The van der Waals surface area contributed by atoms with Gasteiger partial charge in [-0.1, -0.05) is 17.7 Å². The number of rotatable bonds is 5. The van der Waals surface area contributed by atoms with Crippen LogP contribution in [0.2, 0.25) is 0 Å². The Bertz CT molecular complexity index is 746. The lowest BCUT2D eigenvalue weighted by molar-refractivity contribution is -0.218. The van der Waals surface area contributed by atoms with Crippen LogP contribution in [0.15, 0.2) is 34.3 Å². The van der Waals surface area contributed by atoms with Crippen molar-refractivity contribution in [3.63, 3.8) is 0 Å². The Morgan fingerprint density at radius 2 is 1.84 bits per heavy atom. The lowest BCUT2D eigenvalue weighted by atomic mass is 10.1. The summed E-state index contributed by atoms with van der Waals surface area (Å²) in [5, 5.41) is 3.82. The maximum atomic E-state index is 12.2. The lowest BCUT2D eigenvalue weighted by Crippen LogP contribution is -2.31. The van der Waals surface area contributed by atoms with Gasteiger partial charge in [-0.2, -0.15) is 13.5 Å². The quantitative estimate of drug-likeness (QED) is 0.617. The Balaban J connectivity index is 1.68. The fourth-order valence-corrected chi connectivity index (χ4v) is 3.64. The number of fused-ring (bicyclic) bond motifs is 1. The number of methoxy groups -OCH3 is 1. The van der Waals surface area contributed by atoms with E-state index < -0.39 is 40.4 Å².